The molecule has 0 heterocycles. The van der Waals surface area contributed by atoms with Gasteiger partial charge in [-0.05, 0) is 42.5 Å². The van der Waals surface area contributed by atoms with Gasteiger partial charge in [0.05, 0.1) is 0 Å². The zero-order chi connectivity index (χ0) is 11.3. The molecular formula is C12H18FNS. The lowest BCUT2D eigenvalue weighted by atomic mass is 10.2. The van der Waals surface area contributed by atoms with E-state index < -0.39 is 0 Å². The molecule has 0 saturated carbocycles. The lowest BCUT2D eigenvalue weighted by molar-refractivity contribution is 0.547. The van der Waals surface area contributed by atoms with Crippen LogP contribution in [0.3, 0.4) is 0 Å². The Bertz CT molecular complexity index is 312. The van der Waals surface area contributed by atoms with Crippen molar-refractivity contribution in [3.63, 3.8) is 0 Å². The van der Waals surface area contributed by atoms with Gasteiger partial charge in [-0.25, -0.2) is 4.39 Å². The van der Waals surface area contributed by atoms with Crippen molar-refractivity contribution in [1.82, 2.24) is 5.32 Å². The van der Waals surface area contributed by atoms with Gasteiger partial charge >= 0.3 is 0 Å². The Morgan fingerprint density at radius 2 is 2.13 bits per heavy atom. The molecule has 3 heteroatoms. The SMILES string of the molecule is CSc1ccc(F)cc1CNCC(C)C. The van der Waals surface area contributed by atoms with Gasteiger partial charge in [-0.3, -0.25) is 0 Å². The molecule has 0 bridgehead atoms. The predicted molar refractivity (Wildman–Crippen MR) is 64.7 cm³/mol. The molecule has 0 aliphatic carbocycles. The summed E-state index contributed by atoms with van der Waals surface area (Å²) >= 11 is 1.66. The van der Waals surface area contributed by atoms with Gasteiger partial charge in [0.2, 0.25) is 0 Å². The molecule has 1 N–H and O–H groups in total. The molecule has 0 aliphatic rings. The molecule has 0 spiro atoms. The van der Waals surface area contributed by atoms with Gasteiger partial charge in [-0.2, -0.15) is 0 Å². The number of nitrogens with one attached hydrogen (secondary N) is 1. The van der Waals surface area contributed by atoms with Gasteiger partial charge < -0.3 is 5.32 Å². The van der Waals surface area contributed by atoms with Gasteiger partial charge in [-0.1, -0.05) is 13.8 Å². The van der Waals surface area contributed by atoms with E-state index in [2.05, 4.69) is 19.2 Å². The molecule has 0 aromatic heterocycles. The Morgan fingerprint density at radius 3 is 2.73 bits per heavy atom. The zero-order valence-electron chi connectivity index (χ0n) is 9.51. The molecule has 1 aromatic carbocycles. The number of hydrogen-bond donors (Lipinski definition) is 1. The molecule has 0 atom stereocenters. The van der Waals surface area contributed by atoms with Crippen LogP contribution in [-0.4, -0.2) is 12.8 Å². The van der Waals surface area contributed by atoms with Gasteiger partial charge in [-0.15, -0.1) is 11.8 Å². The normalized spacial score (nSPS) is 11.0. The lowest BCUT2D eigenvalue weighted by Gasteiger charge is -2.10. The first-order chi connectivity index (χ1) is 7.13. The topological polar surface area (TPSA) is 12.0 Å². The van der Waals surface area contributed by atoms with Crippen LogP contribution in [0, 0.1) is 11.7 Å². The molecular weight excluding hydrogens is 209 g/mol. The fourth-order valence-electron chi connectivity index (χ4n) is 1.38. The van der Waals surface area contributed by atoms with Crippen molar-refractivity contribution < 1.29 is 4.39 Å². The highest BCUT2D eigenvalue weighted by atomic mass is 32.2. The van der Waals surface area contributed by atoms with Crippen molar-refractivity contribution in [3.8, 4) is 0 Å². The van der Waals surface area contributed by atoms with Crippen LogP contribution in [0.15, 0.2) is 23.1 Å². The van der Waals surface area contributed by atoms with Gasteiger partial charge in [0.25, 0.3) is 0 Å². The van der Waals surface area contributed by atoms with E-state index in [0.29, 0.717) is 5.92 Å². The van der Waals surface area contributed by atoms with Crippen molar-refractivity contribution in [2.24, 2.45) is 5.92 Å². The van der Waals surface area contributed by atoms with Crippen LogP contribution in [0.4, 0.5) is 4.39 Å². The van der Waals surface area contributed by atoms with Crippen LogP contribution in [0.5, 0.6) is 0 Å². The van der Waals surface area contributed by atoms with Crippen molar-refractivity contribution in [2.75, 3.05) is 12.8 Å². The molecule has 1 nitrogen and oxygen atoms in total. The summed E-state index contributed by atoms with van der Waals surface area (Å²) in [6, 6.07) is 4.96. The van der Waals surface area contributed by atoms with E-state index in [9.17, 15) is 4.39 Å². The van der Waals surface area contributed by atoms with Crippen LogP contribution in [0.25, 0.3) is 0 Å². The lowest BCUT2D eigenvalue weighted by Crippen LogP contribution is -2.19. The van der Waals surface area contributed by atoms with Crippen LogP contribution >= 0.6 is 11.8 Å². The van der Waals surface area contributed by atoms with Crippen molar-refractivity contribution in [1.29, 1.82) is 0 Å². The fraction of sp³-hybridized carbons (Fsp3) is 0.500. The van der Waals surface area contributed by atoms with Crippen LogP contribution in [-0.2, 0) is 6.54 Å². The Balaban J connectivity index is 2.62. The van der Waals surface area contributed by atoms with E-state index in [4.69, 9.17) is 0 Å². The second kappa shape index (κ2) is 6.13. The Kier molecular flexibility index (Phi) is 5.12. The molecule has 1 aromatic rings. The van der Waals surface area contributed by atoms with E-state index in [0.717, 1.165) is 23.5 Å². The van der Waals surface area contributed by atoms with Gasteiger partial charge in [0, 0.05) is 11.4 Å². The van der Waals surface area contributed by atoms with Crippen LogP contribution in [0.1, 0.15) is 19.4 Å². The average Bonchev–Trinajstić information content (AvgIpc) is 2.17. The van der Waals surface area contributed by atoms with Gasteiger partial charge in [0.1, 0.15) is 5.82 Å². The maximum absolute atomic E-state index is 13.0. The molecule has 1 rings (SSSR count). The zero-order valence-corrected chi connectivity index (χ0v) is 10.3. The molecule has 15 heavy (non-hydrogen) atoms. The third-order valence-electron chi connectivity index (χ3n) is 2.11. The highest BCUT2D eigenvalue weighted by Gasteiger charge is 2.03. The molecule has 84 valence electrons. The number of rotatable bonds is 5. The first-order valence-electron chi connectivity index (χ1n) is 5.16. The minimum absolute atomic E-state index is 0.158. The number of halogens is 1. The number of hydrogen-bond acceptors (Lipinski definition) is 2. The second-order valence-electron chi connectivity index (χ2n) is 3.98. The Labute approximate surface area is 95.5 Å². The highest BCUT2D eigenvalue weighted by Crippen LogP contribution is 2.21. The van der Waals surface area contributed by atoms with Crippen molar-refractivity contribution >= 4 is 11.8 Å². The maximum atomic E-state index is 13.0. The maximum Gasteiger partial charge on any atom is 0.123 e. The number of benzene rings is 1. The monoisotopic (exact) mass is 227 g/mol. The highest BCUT2D eigenvalue weighted by molar-refractivity contribution is 7.98. The second-order valence-corrected chi connectivity index (χ2v) is 4.83. The summed E-state index contributed by atoms with van der Waals surface area (Å²) in [4.78, 5) is 1.15. The van der Waals surface area contributed by atoms with E-state index in [1.165, 1.54) is 6.07 Å². The van der Waals surface area contributed by atoms with E-state index in [1.54, 1.807) is 17.8 Å². The van der Waals surface area contributed by atoms with Crippen LogP contribution < -0.4 is 5.32 Å². The largest absolute Gasteiger partial charge is 0.312 e. The summed E-state index contributed by atoms with van der Waals surface area (Å²) in [6.07, 6.45) is 2.01. The minimum atomic E-state index is -0.158. The quantitative estimate of drug-likeness (QED) is 0.775. The molecule has 0 amide bonds. The van der Waals surface area contributed by atoms with E-state index >= 15 is 0 Å². The van der Waals surface area contributed by atoms with Gasteiger partial charge in [0.15, 0.2) is 0 Å². The van der Waals surface area contributed by atoms with Crippen molar-refractivity contribution in [2.45, 2.75) is 25.3 Å². The van der Waals surface area contributed by atoms with E-state index in [1.807, 2.05) is 12.3 Å². The fourth-order valence-corrected chi connectivity index (χ4v) is 1.98. The summed E-state index contributed by atoms with van der Waals surface area (Å²) in [5.41, 5.74) is 1.04. The average molecular weight is 227 g/mol. The summed E-state index contributed by atoms with van der Waals surface area (Å²) in [6.45, 7) is 6.03. The molecule has 0 fully saturated rings. The smallest absolute Gasteiger partial charge is 0.123 e. The summed E-state index contributed by atoms with van der Waals surface area (Å²) in [5.74, 6) is 0.463. The first-order valence-corrected chi connectivity index (χ1v) is 6.39. The molecule has 0 radical (unpaired) electrons. The van der Waals surface area contributed by atoms with E-state index in [-0.39, 0.29) is 5.82 Å². The minimum Gasteiger partial charge on any atom is -0.312 e. The summed E-state index contributed by atoms with van der Waals surface area (Å²) in [5, 5.41) is 3.32. The molecule has 0 unspecified atom stereocenters. The third kappa shape index (κ3) is 4.22. The standard InChI is InChI=1S/C12H18FNS/c1-9(2)7-14-8-10-6-11(13)4-5-12(10)15-3/h4-6,9,14H,7-8H2,1-3H3. The Hall–Kier alpha value is -0.540. The predicted octanol–water partition coefficient (Wildman–Crippen LogP) is 3.29. The third-order valence-corrected chi connectivity index (χ3v) is 2.95. The summed E-state index contributed by atoms with van der Waals surface area (Å²) < 4.78 is 13.0. The van der Waals surface area contributed by atoms with Crippen molar-refractivity contribution in [3.05, 3.63) is 29.6 Å². The van der Waals surface area contributed by atoms with Crippen LogP contribution in [0.2, 0.25) is 0 Å². The molecule has 0 saturated heterocycles. The Morgan fingerprint density at radius 1 is 1.40 bits per heavy atom. The number of thioether (sulfide) groups is 1. The first kappa shape index (κ1) is 12.5. The molecule has 0 aliphatic heterocycles. The summed E-state index contributed by atoms with van der Waals surface area (Å²) in [7, 11) is 0.